The molecule has 188 valence electrons. The van der Waals surface area contributed by atoms with Gasteiger partial charge in [-0.3, -0.25) is 10.1 Å². The highest BCUT2D eigenvalue weighted by atomic mass is 79.9. The smallest absolute Gasteiger partial charge is 0.269 e. The first-order valence-corrected chi connectivity index (χ1v) is 11.3. The monoisotopic (exact) mass is 566 g/mol. The Bertz CT molecular complexity index is 1450. The fraction of sp³-hybridized carbons (Fsp3) is 0.0435. The van der Waals surface area contributed by atoms with Crippen molar-refractivity contribution >= 4 is 57.1 Å². The molecule has 14 heteroatoms. The lowest BCUT2D eigenvalue weighted by Gasteiger charge is -2.10. The summed E-state index contributed by atoms with van der Waals surface area (Å²) in [7, 11) is 1.57. The number of aromatic hydroxyl groups is 2. The van der Waals surface area contributed by atoms with Crippen LogP contribution in [0.25, 0.3) is 0 Å². The van der Waals surface area contributed by atoms with Crippen molar-refractivity contribution in [3.63, 3.8) is 0 Å². The Labute approximate surface area is 218 Å². The number of phenolic OH excluding ortho intramolecular Hbond substituents is 2. The van der Waals surface area contributed by atoms with E-state index in [9.17, 15) is 20.3 Å². The van der Waals surface area contributed by atoms with Gasteiger partial charge >= 0.3 is 0 Å². The minimum atomic E-state index is -0.492. The van der Waals surface area contributed by atoms with E-state index in [0.717, 1.165) is 0 Å². The number of ether oxygens (including phenoxy) is 1. The van der Waals surface area contributed by atoms with Crippen LogP contribution in [0.15, 0.2) is 70.2 Å². The first-order valence-electron chi connectivity index (χ1n) is 10.5. The second kappa shape index (κ2) is 11.2. The molecule has 0 spiro atoms. The third kappa shape index (κ3) is 6.58. The molecule has 0 unspecified atom stereocenters. The summed E-state index contributed by atoms with van der Waals surface area (Å²) in [5.41, 5.74) is 4.15. The Balaban J connectivity index is 1.59. The number of hydrogen-bond acceptors (Lipinski definition) is 12. The fourth-order valence-electron chi connectivity index (χ4n) is 2.97. The van der Waals surface area contributed by atoms with E-state index >= 15 is 0 Å². The first-order chi connectivity index (χ1) is 17.8. The van der Waals surface area contributed by atoms with Crippen molar-refractivity contribution in [2.45, 2.75) is 0 Å². The van der Waals surface area contributed by atoms with E-state index in [2.05, 4.69) is 52.0 Å². The van der Waals surface area contributed by atoms with Crippen molar-refractivity contribution < 1.29 is 19.9 Å². The van der Waals surface area contributed by atoms with Crippen LogP contribution in [0.1, 0.15) is 5.56 Å². The predicted octanol–water partition coefficient (Wildman–Crippen LogP) is 4.90. The van der Waals surface area contributed by atoms with Gasteiger partial charge in [-0.15, -0.1) is 0 Å². The second-order valence-corrected chi connectivity index (χ2v) is 8.18. The molecule has 0 radical (unpaired) electrons. The molecule has 4 aromatic rings. The van der Waals surface area contributed by atoms with Crippen LogP contribution < -0.4 is 20.8 Å². The number of nitrogens with one attached hydrogen (secondary N) is 3. The van der Waals surface area contributed by atoms with E-state index < -0.39 is 4.92 Å². The van der Waals surface area contributed by atoms with Gasteiger partial charge in [0.2, 0.25) is 17.8 Å². The van der Waals surface area contributed by atoms with Gasteiger partial charge in [-0.2, -0.15) is 20.1 Å². The van der Waals surface area contributed by atoms with E-state index in [1.54, 1.807) is 31.4 Å². The quantitative estimate of drug-likeness (QED) is 0.106. The van der Waals surface area contributed by atoms with E-state index in [1.165, 1.54) is 42.6 Å². The molecule has 0 saturated carbocycles. The van der Waals surface area contributed by atoms with Gasteiger partial charge in [0, 0.05) is 35.1 Å². The molecular weight excluding hydrogens is 548 g/mol. The molecule has 37 heavy (non-hydrogen) atoms. The summed E-state index contributed by atoms with van der Waals surface area (Å²) in [5, 5.41) is 40.7. The first kappa shape index (κ1) is 25.1. The zero-order valence-corrected chi connectivity index (χ0v) is 20.7. The summed E-state index contributed by atoms with van der Waals surface area (Å²) in [5.74, 6) is 0.761. The molecule has 5 N–H and O–H groups in total. The van der Waals surface area contributed by atoms with Crippen LogP contribution in [-0.4, -0.2) is 43.4 Å². The molecule has 0 atom stereocenters. The highest BCUT2D eigenvalue weighted by molar-refractivity contribution is 9.10. The van der Waals surface area contributed by atoms with Crippen LogP contribution in [0.2, 0.25) is 0 Å². The number of rotatable bonds is 9. The summed E-state index contributed by atoms with van der Waals surface area (Å²) < 4.78 is 5.55. The third-order valence-corrected chi connectivity index (χ3v) is 5.42. The van der Waals surface area contributed by atoms with Gasteiger partial charge in [-0.05, 0) is 58.4 Å². The molecule has 0 saturated heterocycles. The number of nitrogens with zero attached hydrogens (tertiary/aromatic N) is 5. The van der Waals surface area contributed by atoms with Crippen molar-refractivity contribution in [2.24, 2.45) is 5.10 Å². The maximum atomic E-state index is 10.9. The number of hydrazone groups is 1. The minimum Gasteiger partial charge on any atom is -0.507 e. The maximum absolute atomic E-state index is 10.9. The van der Waals surface area contributed by atoms with Gasteiger partial charge < -0.3 is 25.6 Å². The number of methoxy groups -OCH3 is 1. The van der Waals surface area contributed by atoms with E-state index in [1.807, 2.05) is 0 Å². The van der Waals surface area contributed by atoms with Crippen molar-refractivity contribution in [1.82, 2.24) is 15.0 Å². The Kier molecular flexibility index (Phi) is 7.59. The number of anilines is 5. The highest BCUT2D eigenvalue weighted by Crippen LogP contribution is 2.30. The van der Waals surface area contributed by atoms with Crippen LogP contribution in [0, 0.1) is 10.1 Å². The summed E-state index contributed by atoms with van der Waals surface area (Å²) >= 11 is 3.18. The predicted molar refractivity (Wildman–Crippen MR) is 141 cm³/mol. The van der Waals surface area contributed by atoms with E-state index in [0.29, 0.717) is 27.2 Å². The van der Waals surface area contributed by atoms with Gasteiger partial charge in [0.1, 0.15) is 17.2 Å². The lowest BCUT2D eigenvalue weighted by atomic mass is 10.2. The molecule has 0 fully saturated rings. The summed E-state index contributed by atoms with van der Waals surface area (Å²) in [6.07, 6.45) is 1.32. The van der Waals surface area contributed by atoms with Crippen molar-refractivity contribution in [3.8, 4) is 17.2 Å². The third-order valence-electron chi connectivity index (χ3n) is 4.78. The zero-order valence-electron chi connectivity index (χ0n) is 19.1. The molecule has 0 bridgehead atoms. The van der Waals surface area contributed by atoms with Gasteiger partial charge in [0.25, 0.3) is 5.69 Å². The maximum Gasteiger partial charge on any atom is 0.269 e. The molecule has 0 aliphatic rings. The van der Waals surface area contributed by atoms with E-state index in [-0.39, 0.29) is 35.0 Å². The van der Waals surface area contributed by atoms with Crippen molar-refractivity contribution in [2.75, 3.05) is 23.2 Å². The second-order valence-electron chi connectivity index (χ2n) is 7.32. The Morgan fingerprint density at radius 2 is 1.49 bits per heavy atom. The molecule has 4 rings (SSSR count). The summed E-state index contributed by atoms with van der Waals surface area (Å²) in [4.78, 5) is 23.4. The van der Waals surface area contributed by atoms with Gasteiger partial charge in [0.15, 0.2) is 0 Å². The lowest BCUT2D eigenvalue weighted by molar-refractivity contribution is -0.384. The van der Waals surface area contributed by atoms with Gasteiger partial charge in [0.05, 0.1) is 22.7 Å². The number of nitro benzene ring substituents is 1. The van der Waals surface area contributed by atoms with Crippen molar-refractivity contribution in [1.29, 1.82) is 0 Å². The number of halogens is 1. The van der Waals surface area contributed by atoms with Gasteiger partial charge in [-0.25, -0.2) is 5.43 Å². The Morgan fingerprint density at radius 3 is 2.05 bits per heavy atom. The van der Waals surface area contributed by atoms with Crippen LogP contribution in [-0.2, 0) is 0 Å². The summed E-state index contributed by atoms with van der Waals surface area (Å²) in [6, 6.07) is 15.5. The number of hydrogen-bond donors (Lipinski definition) is 5. The van der Waals surface area contributed by atoms with Crippen LogP contribution in [0.4, 0.5) is 34.9 Å². The Morgan fingerprint density at radius 1 is 0.919 bits per heavy atom. The topological polar surface area (TPSA) is 180 Å². The highest BCUT2D eigenvalue weighted by Gasteiger charge is 2.10. The normalized spacial score (nSPS) is 10.8. The SMILES string of the molecule is COc1ccc(Nc2nc(N/N=C\c3cc(Br)c(O)cc3O)nc(Nc3ccc([N+](=O)[O-])cc3)n2)cc1. The largest absolute Gasteiger partial charge is 0.507 e. The number of nitro groups is 1. The fourth-order valence-corrected chi connectivity index (χ4v) is 3.33. The average Bonchev–Trinajstić information content (AvgIpc) is 2.88. The molecule has 0 aliphatic heterocycles. The minimum absolute atomic E-state index is 0.0520. The molecule has 13 nitrogen and oxygen atoms in total. The van der Waals surface area contributed by atoms with Crippen LogP contribution >= 0.6 is 15.9 Å². The molecule has 0 aliphatic carbocycles. The average molecular weight is 567 g/mol. The molecular formula is C23H19BrN8O5. The number of phenols is 2. The Hall–Kier alpha value is -4.98. The van der Waals surface area contributed by atoms with Crippen molar-refractivity contribution in [3.05, 3.63) is 80.8 Å². The standard InChI is InChI=1S/C23H19BrN8O5/c1-37-17-8-4-15(5-9-17)27-22-28-21(26-14-2-6-16(7-3-14)32(35)36)29-23(30-22)31-25-12-13-10-18(24)20(34)11-19(13)33/h2-12,33-34H,1H3,(H3,26,27,28,29,30,31)/b25-12-. The van der Waals surface area contributed by atoms with Crippen LogP contribution in [0.3, 0.4) is 0 Å². The molecule has 3 aromatic carbocycles. The summed E-state index contributed by atoms with van der Waals surface area (Å²) in [6.45, 7) is 0. The van der Waals surface area contributed by atoms with E-state index in [4.69, 9.17) is 4.74 Å². The zero-order chi connectivity index (χ0) is 26.4. The molecule has 0 amide bonds. The molecule has 1 heterocycles. The number of benzene rings is 3. The molecule has 1 aromatic heterocycles. The van der Waals surface area contributed by atoms with Crippen LogP contribution in [0.5, 0.6) is 17.2 Å². The lowest BCUT2D eigenvalue weighted by Crippen LogP contribution is -2.07. The number of non-ortho nitro benzene ring substituents is 1. The van der Waals surface area contributed by atoms with Gasteiger partial charge in [-0.1, -0.05) is 0 Å². The number of aromatic nitrogens is 3.